The van der Waals surface area contributed by atoms with Gasteiger partial charge in [0.1, 0.15) is 0 Å². The smallest absolute Gasteiger partial charge is 0.234 e. The van der Waals surface area contributed by atoms with E-state index in [1.54, 1.807) is 0 Å². The third kappa shape index (κ3) is 3.46. The molecule has 0 aliphatic heterocycles. The van der Waals surface area contributed by atoms with E-state index in [9.17, 15) is 4.79 Å². The summed E-state index contributed by atoms with van der Waals surface area (Å²) in [5.41, 5.74) is 2.71. The first-order valence-electron chi connectivity index (χ1n) is 8.22. The number of aryl methyl sites for hydroxylation is 1. The van der Waals surface area contributed by atoms with Crippen LogP contribution in [0.4, 0.5) is 0 Å². The average molecular weight is 286 g/mol. The number of rotatable bonds is 5. The van der Waals surface area contributed by atoms with E-state index in [1.807, 2.05) is 0 Å². The normalized spacial score (nSPS) is 22.7. The molecule has 1 aromatic carbocycles. The van der Waals surface area contributed by atoms with Crippen LogP contribution in [0.3, 0.4) is 0 Å². The van der Waals surface area contributed by atoms with Gasteiger partial charge in [-0.15, -0.1) is 0 Å². The second-order valence-corrected chi connectivity index (χ2v) is 6.70. The highest BCUT2D eigenvalue weighted by molar-refractivity contribution is 5.78. The fourth-order valence-electron chi connectivity index (χ4n) is 3.45. The molecule has 1 amide bonds. The Morgan fingerprint density at radius 2 is 2.10 bits per heavy atom. The highest BCUT2D eigenvalue weighted by Crippen LogP contribution is 2.34. The van der Waals surface area contributed by atoms with Gasteiger partial charge in [-0.3, -0.25) is 9.69 Å². The van der Waals surface area contributed by atoms with Crippen LogP contribution in [0, 0.1) is 5.92 Å². The molecule has 1 saturated carbocycles. The Labute approximate surface area is 127 Å². The molecule has 3 rings (SSSR count). The predicted octanol–water partition coefficient (Wildman–Crippen LogP) is 2.91. The number of nitrogens with one attached hydrogen (secondary N) is 1. The number of carbonyl (C=O) groups is 1. The Morgan fingerprint density at radius 3 is 2.86 bits per heavy atom. The lowest BCUT2D eigenvalue weighted by molar-refractivity contribution is -0.123. The molecule has 2 atom stereocenters. The number of benzene rings is 1. The predicted molar refractivity (Wildman–Crippen MR) is 85.1 cm³/mol. The van der Waals surface area contributed by atoms with Crippen molar-refractivity contribution in [3.05, 3.63) is 35.4 Å². The summed E-state index contributed by atoms with van der Waals surface area (Å²) in [5, 5.41) is 3.24. The second-order valence-electron chi connectivity index (χ2n) is 6.70. The van der Waals surface area contributed by atoms with Crippen LogP contribution in [0.1, 0.15) is 49.8 Å². The molecule has 0 heterocycles. The number of amides is 1. The number of carbonyl (C=O) groups excluding carboxylic acids is 1. The number of hydrogen-bond acceptors (Lipinski definition) is 2. The number of likely N-dealkylation sites (N-methyl/N-ethyl adjacent to an activating group) is 1. The highest BCUT2D eigenvalue weighted by Gasteiger charge is 2.31. The van der Waals surface area contributed by atoms with Crippen LogP contribution in [0.5, 0.6) is 0 Å². The first kappa shape index (κ1) is 14.6. The van der Waals surface area contributed by atoms with E-state index in [0.717, 1.165) is 25.2 Å². The first-order chi connectivity index (χ1) is 10.1. The van der Waals surface area contributed by atoms with Gasteiger partial charge in [-0.05, 0) is 63.1 Å². The Kier molecular flexibility index (Phi) is 4.29. The Morgan fingerprint density at radius 1 is 1.33 bits per heavy atom. The van der Waals surface area contributed by atoms with Crippen molar-refractivity contribution in [1.82, 2.24) is 10.2 Å². The van der Waals surface area contributed by atoms with Gasteiger partial charge in [-0.2, -0.15) is 0 Å². The van der Waals surface area contributed by atoms with Crippen LogP contribution in [0.25, 0.3) is 0 Å². The van der Waals surface area contributed by atoms with Crippen LogP contribution in [-0.2, 0) is 11.2 Å². The van der Waals surface area contributed by atoms with Crippen LogP contribution in [-0.4, -0.2) is 30.4 Å². The second kappa shape index (κ2) is 6.18. The molecule has 0 saturated heterocycles. The maximum Gasteiger partial charge on any atom is 0.234 e. The topological polar surface area (TPSA) is 32.3 Å². The fourth-order valence-corrected chi connectivity index (χ4v) is 3.45. The molecule has 114 valence electrons. The van der Waals surface area contributed by atoms with Gasteiger partial charge in [-0.1, -0.05) is 24.3 Å². The van der Waals surface area contributed by atoms with E-state index >= 15 is 0 Å². The quantitative estimate of drug-likeness (QED) is 0.902. The minimum absolute atomic E-state index is 0.159. The number of fused-ring (bicyclic) bond motifs is 1. The van der Waals surface area contributed by atoms with E-state index in [2.05, 4.69) is 48.5 Å². The summed E-state index contributed by atoms with van der Waals surface area (Å²) in [4.78, 5) is 14.5. The van der Waals surface area contributed by atoms with E-state index in [-0.39, 0.29) is 11.9 Å². The maximum atomic E-state index is 12.3. The van der Waals surface area contributed by atoms with Crippen LogP contribution in [0.2, 0.25) is 0 Å². The molecule has 1 N–H and O–H groups in total. The van der Waals surface area contributed by atoms with Gasteiger partial charge in [0, 0.05) is 6.04 Å². The molecule has 2 aliphatic carbocycles. The zero-order valence-electron chi connectivity index (χ0n) is 13.1. The molecule has 1 aromatic rings. The number of nitrogens with zero attached hydrogens (tertiary/aromatic N) is 1. The number of hydrogen-bond donors (Lipinski definition) is 1. The minimum Gasteiger partial charge on any atom is -0.348 e. The summed E-state index contributed by atoms with van der Waals surface area (Å²) in [6, 6.07) is 9.24. The van der Waals surface area contributed by atoms with E-state index in [1.165, 1.54) is 24.0 Å². The van der Waals surface area contributed by atoms with Crippen molar-refractivity contribution >= 4 is 5.91 Å². The third-order valence-corrected chi connectivity index (χ3v) is 5.10. The molecule has 0 radical (unpaired) electrons. The molecule has 0 bridgehead atoms. The van der Waals surface area contributed by atoms with Gasteiger partial charge in [0.05, 0.1) is 12.6 Å². The largest absolute Gasteiger partial charge is 0.348 e. The van der Waals surface area contributed by atoms with E-state index < -0.39 is 0 Å². The van der Waals surface area contributed by atoms with E-state index in [0.29, 0.717) is 12.6 Å². The summed E-state index contributed by atoms with van der Waals surface area (Å²) in [5.74, 6) is 0.963. The van der Waals surface area contributed by atoms with Crippen molar-refractivity contribution in [3.63, 3.8) is 0 Å². The molecule has 2 aliphatic rings. The lowest BCUT2D eigenvalue weighted by Crippen LogP contribution is -2.42. The highest BCUT2D eigenvalue weighted by atomic mass is 16.2. The molecule has 21 heavy (non-hydrogen) atoms. The van der Waals surface area contributed by atoms with Gasteiger partial charge < -0.3 is 5.32 Å². The van der Waals surface area contributed by atoms with Crippen molar-refractivity contribution in [2.45, 2.75) is 51.1 Å². The van der Waals surface area contributed by atoms with Gasteiger partial charge >= 0.3 is 0 Å². The van der Waals surface area contributed by atoms with Gasteiger partial charge in [-0.25, -0.2) is 0 Å². The van der Waals surface area contributed by atoms with Crippen molar-refractivity contribution in [2.75, 3.05) is 13.6 Å². The fraction of sp³-hybridized carbons (Fsp3) is 0.611. The summed E-state index contributed by atoms with van der Waals surface area (Å²) in [6.07, 6.45) is 6.01. The minimum atomic E-state index is 0.159. The summed E-state index contributed by atoms with van der Waals surface area (Å²) in [6.45, 7) is 2.75. The zero-order valence-corrected chi connectivity index (χ0v) is 13.1. The summed E-state index contributed by atoms with van der Waals surface area (Å²) < 4.78 is 0. The average Bonchev–Trinajstić information content (AvgIpc) is 3.31. The molecule has 1 fully saturated rings. The molecule has 0 spiro atoms. The third-order valence-electron chi connectivity index (χ3n) is 5.10. The van der Waals surface area contributed by atoms with Crippen LogP contribution >= 0.6 is 0 Å². The summed E-state index contributed by atoms with van der Waals surface area (Å²) in [7, 11) is 2.07. The van der Waals surface area contributed by atoms with Gasteiger partial charge in [0.25, 0.3) is 0 Å². The summed E-state index contributed by atoms with van der Waals surface area (Å²) >= 11 is 0. The van der Waals surface area contributed by atoms with Gasteiger partial charge in [0.15, 0.2) is 0 Å². The molecule has 0 aromatic heterocycles. The zero-order chi connectivity index (χ0) is 14.8. The monoisotopic (exact) mass is 286 g/mol. The lowest BCUT2D eigenvalue weighted by Gasteiger charge is -2.28. The Balaban J connectivity index is 1.58. The standard InChI is InChI=1S/C18H26N2O/c1-13(14-10-11-14)20(2)12-18(21)19-17-9-5-7-15-6-3-4-8-16(15)17/h3-4,6,8,13-14,17H,5,7,9-12H2,1-2H3,(H,19,21)/t13-,17-/m0/s1. The van der Waals surface area contributed by atoms with Gasteiger partial charge in [0.2, 0.25) is 5.91 Å². The Hall–Kier alpha value is -1.35. The van der Waals surface area contributed by atoms with Crippen molar-refractivity contribution in [3.8, 4) is 0 Å². The first-order valence-corrected chi connectivity index (χ1v) is 8.22. The Bertz CT molecular complexity index is 510. The van der Waals surface area contributed by atoms with E-state index in [4.69, 9.17) is 0 Å². The molecule has 0 unspecified atom stereocenters. The maximum absolute atomic E-state index is 12.3. The van der Waals surface area contributed by atoms with Crippen molar-refractivity contribution in [1.29, 1.82) is 0 Å². The molecular weight excluding hydrogens is 260 g/mol. The van der Waals surface area contributed by atoms with Crippen molar-refractivity contribution in [2.24, 2.45) is 5.92 Å². The lowest BCUT2D eigenvalue weighted by atomic mass is 9.88. The molecule has 3 heteroatoms. The van der Waals surface area contributed by atoms with Crippen LogP contribution in [0.15, 0.2) is 24.3 Å². The molecule has 3 nitrogen and oxygen atoms in total. The molecular formula is C18H26N2O. The van der Waals surface area contributed by atoms with Crippen molar-refractivity contribution < 1.29 is 4.79 Å². The van der Waals surface area contributed by atoms with Crippen LogP contribution < -0.4 is 5.32 Å². The SMILES string of the molecule is C[C@@H](C1CC1)N(C)CC(=O)N[C@H]1CCCc2ccccc21.